The topological polar surface area (TPSA) is 37.6 Å². The first-order valence-electron chi connectivity index (χ1n) is 5.67. The number of amides is 1. The van der Waals surface area contributed by atoms with Crippen LogP contribution in [0.2, 0.25) is 5.02 Å². The SMILES string of the molecule is O=C(c1cn2cc(Cl)ccc2n1)N1CCCC1. The van der Waals surface area contributed by atoms with E-state index in [2.05, 4.69) is 4.98 Å². The van der Waals surface area contributed by atoms with Crippen molar-refractivity contribution in [3.05, 3.63) is 35.2 Å². The molecule has 2 aromatic heterocycles. The second-order valence-corrected chi connectivity index (χ2v) is 4.67. The van der Waals surface area contributed by atoms with Crippen LogP contribution in [0, 0.1) is 0 Å². The van der Waals surface area contributed by atoms with E-state index >= 15 is 0 Å². The predicted molar refractivity (Wildman–Crippen MR) is 65.3 cm³/mol. The number of imidazole rings is 1. The number of carbonyl (C=O) groups excluding carboxylic acids is 1. The quantitative estimate of drug-likeness (QED) is 0.777. The van der Waals surface area contributed by atoms with Crippen LogP contribution in [-0.2, 0) is 0 Å². The van der Waals surface area contributed by atoms with E-state index in [0.29, 0.717) is 10.7 Å². The number of likely N-dealkylation sites (tertiary alicyclic amines) is 1. The van der Waals surface area contributed by atoms with Gasteiger partial charge in [-0.15, -0.1) is 0 Å². The summed E-state index contributed by atoms with van der Waals surface area (Å²) in [6, 6.07) is 3.58. The molecule has 4 nitrogen and oxygen atoms in total. The molecule has 1 aliphatic rings. The van der Waals surface area contributed by atoms with Crippen LogP contribution in [-0.4, -0.2) is 33.3 Å². The molecule has 17 heavy (non-hydrogen) atoms. The zero-order chi connectivity index (χ0) is 11.8. The third-order valence-electron chi connectivity index (χ3n) is 3.03. The number of carbonyl (C=O) groups is 1. The van der Waals surface area contributed by atoms with Gasteiger partial charge >= 0.3 is 0 Å². The molecule has 0 aliphatic carbocycles. The Kier molecular flexibility index (Phi) is 2.52. The molecule has 0 saturated carbocycles. The van der Waals surface area contributed by atoms with E-state index in [1.54, 1.807) is 22.9 Å². The van der Waals surface area contributed by atoms with Crippen LogP contribution in [0.15, 0.2) is 24.5 Å². The molecular weight excluding hydrogens is 238 g/mol. The first kappa shape index (κ1) is 10.6. The molecule has 0 spiro atoms. The maximum absolute atomic E-state index is 12.1. The number of halogens is 1. The van der Waals surface area contributed by atoms with Gasteiger partial charge in [0.25, 0.3) is 5.91 Å². The molecule has 2 aromatic rings. The minimum Gasteiger partial charge on any atom is -0.337 e. The van der Waals surface area contributed by atoms with E-state index in [-0.39, 0.29) is 5.91 Å². The van der Waals surface area contributed by atoms with Crippen molar-refractivity contribution in [3.8, 4) is 0 Å². The van der Waals surface area contributed by atoms with E-state index in [9.17, 15) is 4.79 Å². The van der Waals surface area contributed by atoms with Gasteiger partial charge in [-0.2, -0.15) is 0 Å². The maximum Gasteiger partial charge on any atom is 0.274 e. The van der Waals surface area contributed by atoms with Crippen molar-refractivity contribution in [1.29, 1.82) is 0 Å². The third-order valence-corrected chi connectivity index (χ3v) is 3.25. The van der Waals surface area contributed by atoms with Crippen molar-refractivity contribution in [2.45, 2.75) is 12.8 Å². The van der Waals surface area contributed by atoms with E-state index in [1.165, 1.54) is 0 Å². The molecule has 0 unspecified atom stereocenters. The largest absolute Gasteiger partial charge is 0.337 e. The molecule has 0 aromatic carbocycles. The minimum atomic E-state index is 0.0160. The molecule has 3 heterocycles. The summed E-state index contributed by atoms with van der Waals surface area (Å²) >= 11 is 5.89. The van der Waals surface area contributed by atoms with Crippen LogP contribution >= 0.6 is 11.6 Å². The Balaban J connectivity index is 1.97. The molecule has 3 rings (SSSR count). The summed E-state index contributed by atoms with van der Waals surface area (Å²) in [5, 5.41) is 0.634. The molecule has 1 aliphatic heterocycles. The van der Waals surface area contributed by atoms with Gasteiger partial charge in [-0.3, -0.25) is 4.79 Å². The van der Waals surface area contributed by atoms with Crippen LogP contribution < -0.4 is 0 Å². The number of rotatable bonds is 1. The minimum absolute atomic E-state index is 0.0160. The van der Waals surface area contributed by atoms with Gasteiger partial charge in [-0.25, -0.2) is 4.98 Å². The van der Waals surface area contributed by atoms with Crippen molar-refractivity contribution in [2.75, 3.05) is 13.1 Å². The van der Waals surface area contributed by atoms with Gasteiger partial charge in [0.15, 0.2) is 0 Å². The number of aromatic nitrogens is 2. The lowest BCUT2D eigenvalue weighted by Crippen LogP contribution is -2.27. The number of pyridine rings is 1. The number of hydrogen-bond donors (Lipinski definition) is 0. The Bertz CT molecular complexity index is 572. The van der Waals surface area contributed by atoms with Gasteiger partial charge in [-0.05, 0) is 25.0 Å². The molecule has 0 N–H and O–H groups in total. The zero-order valence-corrected chi connectivity index (χ0v) is 10.0. The van der Waals surface area contributed by atoms with Gasteiger partial charge in [-0.1, -0.05) is 11.6 Å². The van der Waals surface area contributed by atoms with Crippen molar-refractivity contribution >= 4 is 23.2 Å². The van der Waals surface area contributed by atoms with Crippen LogP contribution in [0.1, 0.15) is 23.3 Å². The first-order chi connectivity index (χ1) is 8.24. The summed E-state index contributed by atoms with van der Waals surface area (Å²) < 4.78 is 1.78. The fraction of sp³-hybridized carbons (Fsp3) is 0.333. The molecular formula is C12H12ClN3O. The zero-order valence-electron chi connectivity index (χ0n) is 9.27. The summed E-state index contributed by atoms with van der Waals surface area (Å²) in [6.45, 7) is 1.68. The molecule has 0 atom stereocenters. The standard InChI is InChI=1S/C12H12ClN3O/c13-9-3-4-11-14-10(8-16(11)7-9)12(17)15-5-1-2-6-15/h3-4,7-8H,1-2,5-6H2. The van der Waals surface area contributed by atoms with Gasteiger partial charge in [0.2, 0.25) is 0 Å². The highest BCUT2D eigenvalue weighted by atomic mass is 35.5. The number of nitrogens with zero attached hydrogens (tertiary/aromatic N) is 3. The Hall–Kier alpha value is -1.55. The predicted octanol–water partition coefficient (Wildman–Crippen LogP) is 2.22. The van der Waals surface area contributed by atoms with Crippen molar-refractivity contribution < 1.29 is 4.79 Å². The fourth-order valence-corrected chi connectivity index (χ4v) is 2.32. The lowest BCUT2D eigenvalue weighted by Gasteiger charge is -2.12. The average Bonchev–Trinajstić information content (AvgIpc) is 2.96. The Morgan fingerprint density at radius 2 is 2.00 bits per heavy atom. The molecule has 1 fully saturated rings. The summed E-state index contributed by atoms with van der Waals surface area (Å²) in [4.78, 5) is 18.3. The molecule has 1 amide bonds. The van der Waals surface area contributed by atoms with Crippen LogP contribution in [0.5, 0.6) is 0 Å². The normalized spacial score (nSPS) is 15.7. The van der Waals surface area contributed by atoms with Crippen LogP contribution in [0.4, 0.5) is 0 Å². The monoisotopic (exact) mass is 249 g/mol. The van der Waals surface area contributed by atoms with E-state index in [4.69, 9.17) is 11.6 Å². The van der Waals surface area contributed by atoms with Crippen molar-refractivity contribution in [1.82, 2.24) is 14.3 Å². The first-order valence-corrected chi connectivity index (χ1v) is 6.05. The van der Waals surface area contributed by atoms with Crippen LogP contribution in [0.3, 0.4) is 0 Å². The van der Waals surface area contributed by atoms with Crippen LogP contribution in [0.25, 0.3) is 5.65 Å². The highest BCUT2D eigenvalue weighted by Crippen LogP contribution is 2.15. The molecule has 5 heteroatoms. The highest BCUT2D eigenvalue weighted by Gasteiger charge is 2.21. The summed E-state index contributed by atoms with van der Waals surface area (Å²) in [5.41, 5.74) is 1.24. The number of hydrogen-bond acceptors (Lipinski definition) is 2. The van der Waals surface area contributed by atoms with E-state index in [1.807, 2.05) is 11.0 Å². The van der Waals surface area contributed by atoms with E-state index < -0.39 is 0 Å². The fourth-order valence-electron chi connectivity index (χ4n) is 2.15. The van der Waals surface area contributed by atoms with Crippen molar-refractivity contribution in [3.63, 3.8) is 0 Å². The van der Waals surface area contributed by atoms with E-state index in [0.717, 1.165) is 31.6 Å². The highest BCUT2D eigenvalue weighted by molar-refractivity contribution is 6.30. The van der Waals surface area contributed by atoms with Gasteiger partial charge in [0.1, 0.15) is 11.3 Å². The second-order valence-electron chi connectivity index (χ2n) is 4.24. The molecule has 0 bridgehead atoms. The third kappa shape index (κ3) is 1.89. The summed E-state index contributed by atoms with van der Waals surface area (Å²) in [7, 11) is 0. The molecule has 0 radical (unpaired) electrons. The summed E-state index contributed by atoms with van der Waals surface area (Å²) in [5.74, 6) is 0.0160. The second kappa shape index (κ2) is 4.04. The van der Waals surface area contributed by atoms with Gasteiger partial charge < -0.3 is 9.30 Å². The maximum atomic E-state index is 12.1. The van der Waals surface area contributed by atoms with Crippen molar-refractivity contribution in [2.24, 2.45) is 0 Å². The molecule has 1 saturated heterocycles. The average molecular weight is 250 g/mol. The smallest absolute Gasteiger partial charge is 0.274 e. The van der Waals surface area contributed by atoms with Gasteiger partial charge in [0, 0.05) is 25.5 Å². The lowest BCUT2D eigenvalue weighted by molar-refractivity contribution is 0.0787. The lowest BCUT2D eigenvalue weighted by atomic mass is 10.4. The molecule has 88 valence electrons. The summed E-state index contributed by atoms with van der Waals surface area (Å²) in [6.07, 6.45) is 5.67. The Labute approximate surface area is 104 Å². The van der Waals surface area contributed by atoms with Gasteiger partial charge in [0.05, 0.1) is 5.02 Å². The Morgan fingerprint density at radius 1 is 1.24 bits per heavy atom. The Morgan fingerprint density at radius 3 is 2.76 bits per heavy atom. The number of fused-ring (bicyclic) bond motifs is 1.